The molecule has 0 saturated carbocycles. The molecule has 1 aliphatic heterocycles. The monoisotopic (exact) mass is 661 g/mol. The first-order valence-corrected chi connectivity index (χ1v) is 15.8. The lowest BCUT2D eigenvalue weighted by molar-refractivity contribution is -0.151. The molecule has 0 fully saturated rings. The predicted molar refractivity (Wildman–Crippen MR) is 181 cm³/mol. The Morgan fingerprint density at radius 3 is 1.78 bits per heavy atom. The maximum Gasteiger partial charge on any atom is 0.338 e. The molecular formula is C38H35N3O8. The molecule has 1 atom stereocenters. The van der Waals surface area contributed by atoms with E-state index >= 15 is 0 Å². The van der Waals surface area contributed by atoms with Crippen LogP contribution in [0.15, 0.2) is 97.1 Å². The number of amides is 4. The minimum absolute atomic E-state index is 0.0183. The second kappa shape index (κ2) is 15.7. The number of hydrogen-bond acceptors (Lipinski definition) is 8. The van der Waals surface area contributed by atoms with Gasteiger partial charge in [-0.15, -0.1) is 0 Å². The molecule has 1 heterocycles. The van der Waals surface area contributed by atoms with Crippen LogP contribution in [0.25, 0.3) is 0 Å². The van der Waals surface area contributed by atoms with Crippen LogP contribution in [-0.4, -0.2) is 59.7 Å². The third-order valence-corrected chi connectivity index (χ3v) is 8.03. The molecule has 0 saturated heterocycles. The van der Waals surface area contributed by atoms with Gasteiger partial charge in [0, 0.05) is 17.8 Å². The molecule has 0 radical (unpaired) electrons. The van der Waals surface area contributed by atoms with Gasteiger partial charge in [0.2, 0.25) is 0 Å². The maximum absolute atomic E-state index is 13.7. The largest absolute Gasteiger partial charge is 0.454 e. The van der Waals surface area contributed by atoms with Crippen LogP contribution in [0.1, 0.15) is 61.6 Å². The van der Waals surface area contributed by atoms with E-state index in [0.29, 0.717) is 29.8 Å². The molecule has 0 bridgehead atoms. The van der Waals surface area contributed by atoms with Gasteiger partial charge >= 0.3 is 11.9 Å². The number of ether oxygens (including phenoxy) is 2. The molecular weight excluding hydrogens is 626 g/mol. The van der Waals surface area contributed by atoms with Crippen LogP contribution in [0.3, 0.4) is 0 Å². The fourth-order valence-electron chi connectivity index (χ4n) is 5.51. The Kier molecular flexibility index (Phi) is 10.9. The first-order valence-electron chi connectivity index (χ1n) is 15.8. The Hall–Kier alpha value is -6.10. The molecule has 250 valence electrons. The third kappa shape index (κ3) is 8.07. The number of nitrogens with zero attached hydrogens (tertiary/aromatic N) is 1. The van der Waals surface area contributed by atoms with Crippen molar-refractivity contribution in [3.05, 3.63) is 130 Å². The number of fused-ring (bicyclic) bond motifs is 1. The lowest BCUT2D eigenvalue weighted by Gasteiger charge is -2.24. The van der Waals surface area contributed by atoms with Gasteiger partial charge in [0.15, 0.2) is 13.2 Å². The van der Waals surface area contributed by atoms with Crippen LogP contribution in [0, 0.1) is 0 Å². The fourth-order valence-corrected chi connectivity index (χ4v) is 5.51. The quantitative estimate of drug-likeness (QED) is 0.150. The molecule has 2 N–H and O–H groups in total. The zero-order valence-corrected chi connectivity index (χ0v) is 27.1. The summed E-state index contributed by atoms with van der Waals surface area (Å²) in [4.78, 5) is 79.6. The summed E-state index contributed by atoms with van der Waals surface area (Å²) in [5.41, 5.74) is 3.48. The van der Waals surface area contributed by atoms with E-state index in [1.165, 1.54) is 18.2 Å². The highest BCUT2D eigenvalue weighted by molar-refractivity contribution is 6.23. The number of anilines is 2. The van der Waals surface area contributed by atoms with Gasteiger partial charge < -0.3 is 20.1 Å². The summed E-state index contributed by atoms with van der Waals surface area (Å²) < 4.78 is 10.5. The van der Waals surface area contributed by atoms with Crippen molar-refractivity contribution in [2.24, 2.45) is 0 Å². The van der Waals surface area contributed by atoms with Crippen LogP contribution in [0.5, 0.6) is 0 Å². The number of esters is 2. The number of nitrogens with one attached hydrogen (secondary N) is 2. The van der Waals surface area contributed by atoms with Gasteiger partial charge in [-0.25, -0.2) is 9.59 Å². The van der Waals surface area contributed by atoms with Crippen molar-refractivity contribution in [3.63, 3.8) is 0 Å². The van der Waals surface area contributed by atoms with Crippen molar-refractivity contribution < 1.29 is 38.2 Å². The first kappa shape index (κ1) is 34.2. The molecule has 5 rings (SSSR count). The van der Waals surface area contributed by atoms with E-state index in [0.717, 1.165) is 16.0 Å². The van der Waals surface area contributed by atoms with Gasteiger partial charge in [-0.1, -0.05) is 80.6 Å². The number of benzene rings is 4. The van der Waals surface area contributed by atoms with Crippen molar-refractivity contribution in [3.8, 4) is 0 Å². The zero-order chi connectivity index (χ0) is 34.9. The second-order valence-corrected chi connectivity index (χ2v) is 11.2. The van der Waals surface area contributed by atoms with E-state index in [-0.39, 0.29) is 23.1 Å². The Bertz CT molecular complexity index is 1910. The molecule has 4 aromatic rings. The number of rotatable bonds is 13. The SMILES string of the molecule is CCc1ccccc1NC(=O)COC(=O)c1ccc2c(c1)C(=O)N(C(Cc1ccccc1)C(=O)OCC(=O)Nc1ccccc1CC)C2=O. The third-order valence-electron chi connectivity index (χ3n) is 8.03. The van der Waals surface area contributed by atoms with Gasteiger partial charge in [0.1, 0.15) is 6.04 Å². The predicted octanol–water partition coefficient (Wildman–Crippen LogP) is 5.00. The molecule has 1 aliphatic rings. The van der Waals surface area contributed by atoms with Gasteiger partial charge in [-0.05, 0) is 59.9 Å². The highest BCUT2D eigenvalue weighted by atomic mass is 16.5. The van der Waals surface area contributed by atoms with Gasteiger partial charge in [-0.2, -0.15) is 0 Å². The van der Waals surface area contributed by atoms with E-state index in [1.54, 1.807) is 54.6 Å². The van der Waals surface area contributed by atoms with Crippen molar-refractivity contribution >= 4 is 46.9 Å². The van der Waals surface area contributed by atoms with Crippen molar-refractivity contribution in [2.75, 3.05) is 23.8 Å². The Morgan fingerprint density at radius 2 is 1.18 bits per heavy atom. The molecule has 0 aromatic heterocycles. The van der Waals surface area contributed by atoms with Crippen LogP contribution < -0.4 is 10.6 Å². The van der Waals surface area contributed by atoms with Gasteiger partial charge in [0.25, 0.3) is 23.6 Å². The summed E-state index contributed by atoms with van der Waals surface area (Å²) in [5, 5.41) is 5.44. The van der Waals surface area contributed by atoms with E-state index in [2.05, 4.69) is 10.6 Å². The molecule has 49 heavy (non-hydrogen) atoms. The maximum atomic E-state index is 13.7. The Morgan fingerprint density at radius 1 is 0.653 bits per heavy atom. The van der Waals surface area contributed by atoms with Gasteiger partial charge in [0.05, 0.1) is 16.7 Å². The van der Waals surface area contributed by atoms with Crippen LogP contribution in [0.2, 0.25) is 0 Å². The normalized spacial score (nSPS) is 12.6. The smallest absolute Gasteiger partial charge is 0.338 e. The van der Waals surface area contributed by atoms with E-state index in [4.69, 9.17) is 9.47 Å². The molecule has 0 aliphatic carbocycles. The molecule has 11 heteroatoms. The first-order chi connectivity index (χ1) is 23.7. The van der Waals surface area contributed by atoms with Crippen LogP contribution in [0.4, 0.5) is 11.4 Å². The molecule has 4 amide bonds. The Labute approximate surface area is 283 Å². The summed E-state index contributed by atoms with van der Waals surface area (Å²) in [6, 6.07) is 25.6. The minimum Gasteiger partial charge on any atom is -0.454 e. The molecule has 0 spiro atoms. The summed E-state index contributed by atoms with van der Waals surface area (Å²) >= 11 is 0. The zero-order valence-electron chi connectivity index (χ0n) is 27.1. The standard InChI is InChI=1S/C38H35N3O8/c1-3-25-14-8-10-16-30(25)39-33(42)22-48-37(46)27-18-19-28-29(21-27)36(45)41(35(28)44)32(20-24-12-6-5-7-13-24)38(47)49-23-34(43)40-31-17-11-9-15-26(31)4-2/h5-19,21,32H,3-4,20,22-23H2,1-2H3,(H,39,42)(H,40,43). The van der Waals surface area contributed by atoms with Crippen molar-refractivity contribution in [1.29, 1.82) is 0 Å². The lowest BCUT2D eigenvalue weighted by Crippen LogP contribution is -2.47. The highest BCUT2D eigenvalue weighted by Gasteiger charge is 2.44. The number of aryl methyl sites for hydroxylation is 2. The lowest BCUT2D eigenvalue weighted by atomic mass is 10.0. The van der Waals surface area contributed by atoms with Crippen molar-refractivity contribution in [1.82, 2.24) is 4.90 Å². The van der Waals surface area contributed by atoms with Crippen LogP contribution in [-0.2, 0) is 43.1 Å². The average molecular weight is 662 g/mol. The summed E-state index contributed by atoms with van der Waals surface area (Å²) in [5.74, 6) is -4.53. The molecule has 11 nitrogen and oxygen atoms in total. The summed E-state index contributed by atoms with van der Waals surface area (Å²) in [6.07, 6.45) is 1.30. The molecule has 4 aromatic carbocycles. The Balaban J connectivity index is 1.28. The number of carbonyl (C=O) groups is 6. The number of imide groups is 1. The minimum atomic E-state index is -1.41. The highest BCUT2D eigenvalue weighted by Crippen LogP contribution is 2.28. The van der Waals surface area contributed by atoms with E-state index in [9.17, 15) is 28.8 Å². The summed E-state index contributed by atoms with van der Waals surface area (Å²) in [7, 11) is 0. The van der Waals surface area contributed by atoms with E-state index in [1.807, 2.05) is 38.1 Å². The average Bonchev–Trinajstić information content (AvgIpc) is 3.37. The fraction of sp³-hybridized carbons (Fsp3) is 0.211. The second-order valence-electron chi connectivity index (χ2n) is 11.2. The molecule has 1 unspecified atom stereocenters. The number of carbonyl (C=O) groups excluding carboxylic acids is 6. The number of hydrogen-bond donors (Lipinski definition) is 2. The van der Waals surface area contributed by atoms with Crippen LogP contribution >= 0.6 is 0 Å². The van der Waals surface area contributed by atoms with Crippen molar-refractivity contribution in [2.45, 2.75) is 39.2 Å². The topological polar surface area (TPSA) is 148 Å². The summed E-state index contributed by atoms with van der Waals surface area (Å²) in [6.45, 7) is 2.68. The number of para-hydroxylation sites is 2. The van der Waals surface area contributed by atoms with E-state index < -0.39 is 54.8 Å². The van der Waals surface area contributed by atoms with Gasteiger partial charge in [-0.3, -0.25) is 24.1 Å².